The van der Waals surface area contributed by atoms with Crippen LogP contribution in [0, 0.1) is 0 Å². The van der Waals surface area contributed by atoms with Crippen LogP contribution in [-0.2, 0) is 4.74 Å². The van der Waals surface area contributed by atoms with Crippen LogP contribution in [0.5, 0.6) is 0 Å². The van der Waals surface area contributed by atoms with Crippen molar-refractivity contribution >= 4 is 28.2 Å². The number of hydrogen-bond donors (Lipinski definition) is 0. The van der Waals surface area contributed by atoms with E-state index in [1.54, 1.807) is 0 Å². The molecule has 0 saturated carbocycles. The van der Waals surface area contributed by atoms with Crippen molar-refractivity contribution in [1.82, 2.24) is 9.97 Å². The van der Waals surface area contributed by atoms with Crippen LogP contribution in [0.15, 0.2) is 24.5 Å². The van der Waals surface area contributed by atoms with Crippen molar-refractivity contribution < 1.29 is 4.74 Å². The number of fused-ring (bicyclic) bond motifs is 1. The zero-order valence-corrected chi connectivity index (χ0v) is 10.9. The van der Waals surface area contributed by atoms with Crippen LogP contribution in [0.3, 0.4) is 0 Å². The molecule has 2 heterocycles. The molecule has 0 N–H and O–H groups in total. The van der Waals surface area contributed by atoms with Crippen LogP contribution in [0.25, 0.3) is 10.9 Å². The molecule has 5 heteroatoms. The molecule has 0 bridgehead atoms. The van der Waals surface area contributed by atoms with Crippen LogP contribution in [0.1, 0.15) is 6.92 Å². The number of benzene rings is 1. The molecule has 4 nitrogen and oxygen atoms in total. The van der Waals surface area contributed by atoms with Crippen LogP contribution >= 0.6 is 11.6 Å². The van der Waals surface area contributed by atoms with Gasteiger partial charge in [-0.2, -0.15) is 0 Å². The van der Waals surface area contributed by atoms with Gasteiger partial charge in [0.2, 0.25) is 0 Å². The summed E-state index contributed by atoms with van der Waals surface area (Å²) in [6.45, 7) is 4.61. The van der Waals surface area contributed by atoms with Crippen molar-refractivity contribution in [3.63, 3.8) is 0 Å². The predicted octanol–water partition coefficient (Wildman–Crippen LogP) is 2.51. The minimum atomic E-state index is 0.383. The first-order valence-corrected chi connectivity index (χ1v) is 6.38. The molecule has 1 fully saturated rings. The van der Waals surface area contributed by atoms with Crippen molar-refractivity contribution in [2.75, 3.05) is 24.7 Å². The zero-order chi connectivity index (χ0) is 12.5. The van der Waals surface area contributed by atoms with Crippen molar-refractivity contribution in [3.05, 3.63) is 29.7 Å². The van der Waals surface area contributed by atoms with E-state index in [0.717, 1.165) is 36.3 Å². The Hall–Kier alpha value is -1.39. The largest absolute Gasteiger partial charge is 0.377 e. The third kappa shape index (κ3) is 2.02. The molecule has 1 aliphatic heterocycles. The van der Waals surface area contributed by atoms with Gasteiger partial charge >= 0.3 is 0 Å². The number of aromatic nitrogens is 2. The number of ether oxygens (including phenoxy) is 1. The van der Waals surface area contributed by atoms with Crippen molar-refractivity contribution in [2.24, 2.45) is 0 Å². The maximum absolute atomic E-state index is 6.04. The quantitative estimate of drug-likeness (QED) is 0.741. The van der Waals surface area contributed by atoms with Crippen molar-refractivity contribution in [3.8, 4) is 0 Å². The highest BCUT2D eigenvalue weighted by atomic mass is 35.5. The summed E-state index contributed by atoms with van der Waals surface area (Å²) in [5.41, 5.74) is 2.04. The Labute approximate surface area is 111 Å². The summed E-state index contributed by atoms with van der Waals surface area (Å²) in [5, 5.41) is 1.39. The molecular formula is C13H14ClN3O. The van der Waals surface area contributed by atoms with Gasteiger partial charge in [-0.1, -0.05) is 11.6 Å². The first-order valence-electron chi connectivity index (χ1n) is 6.00. The number of morpholine rings is 1. The molecule has 1 aromatic carbocycles. The van der Waals surface area contributed by atoms with E-state index in [2.05, 4.69) is 33.9 Å². The summed E-state index contributed by atoms with van der Waals surface area (Å²) >= 11 is 6.04. The van der Waals surface area contributed by atoms with Crippen molar-refractivity contribution in [2.45, 2.75) is 13.0 Å². The summed E-state index contributed by atoms with van der Waals surface area (Å²) in [6, 6.07) is 6.49. The lowest BCUT2D eigenvalue weighted by molar-refractivity contribution is 0.0989. The standard InChI is InChI=1S/C13H14ClN3O/c1-9-7-18-5-4-17(9)10-2-3-11-12(6-10)15-8-16-13(11)14/h2-3,6,8-9H,4-5,7H2,1H3/t9-/m1/s1. The van der Waals surface area contributed by atoms with E-state index in [-0.39, 0.29) is 0 Å². The maximum Gasteiger partial charge on any atom is 0.140 e. The number of hydrogen-bond acceptors (Lipinski definition) is 4. The Bertz CT molecular complexity index is 575. The Morgan fingerprint density at radius 2 is 2.28 bits per heavy atom. The van der Waals surface area contributed by atoms with E-state index >= 15 is 0 Å². The Kier molecular flexibility index (Phi) is 3.06. The lowest BCUT2D eigenvalue weighted by Gasteiger charge is -2.35. The first-order chi connectivity index (χ1) is 8.75. The SMILES string of the molecule is C[C@@H]1COCCN1c1ccc2c(Cl)ncnc2c1. The van der Waals surface area contributed by atoms with Gasteiger partial charge in [-0.25, -0.2) is 9.97 Å². The Morgan fingerprint density at radius 3 is 3.11 bits per heavy atom. The highest BCUT2D eigenvalue weighted by molar-refractivity contribution is 6.34. The van der Waals surface area contributed by atoms with Crippen LogP contribution in [0.2, 0.25) is 5.15 Å². The van der Waals surface area contributed by atoms with Gasteiger partial charge in [0.05, 0.1) is 18.7 Å². The molecule has 1 aliphatic rings. The summed E-state index contributed by atoms with van der Waals surface area (Å²) in [6.07, 6.45) is 1.50. The smallest absolute Gasteiger partial charge is 0.140 e. The molecular weight excluding hydrogens is 250 g/mol. The van der Waals surface area contributed by atoms with Gasteiger partial charge in [0, 0.05) is 23.7 Å². The van der Waals surface area contributed by atoms with E-state index < -0.39 is 0 Å². The zero-order valence-electron chi connectivity index (χ0n) is 10.1. The summed E-state index contributed by atoms with van der Waals surface area (Å²) in [7, 11) is 0. The van der Waals surface area contributed by atoms with E-state index in [1.165, 1.54) is 6.33 Å². The third-order valence-corrected chi connectivity index (χ3v) is 3.57. The molecule has 1 aromatic heterocycles. The molecule has 1 saturated heterocycles. The average Bonchev–Trinajstić information content (AvgIpc) is 2.39. The van der Waals surface area contributed by atoms with Gasteiger partial charge in [0.1, 0.15) is 11.5 Å². The molecule has 1 atom stereocenters. The first kappa shape index (κ1) is 11.7. The predicted molar refractivity (Wildman–Crippen MR) is 72.2 cm³/mol. The van der Waals surface area contributed by atoms with Gasteiger partial charge in [0.25, 0.3) is 0 Å². The Morgan fingerprint density at radius 1 is 1.39 bits per heavy atom. The second-order valence-electron chi connectivity index (χ2n) is 4.48. The second kappa shape index (κ2) is 4.71. The van der Waals surface area contributed by atoms with Crippen LogP contribution < -0.4 is 4.90 Å². The molecule has 0 aliphatic carbocycles. The highest BCUT2D eigenvalue weighted by Gasteiger charge is 2.19. The molecule has 18 heavy (non-hydrogen) atoms. The Balaban J connectivity index is 2.02. The minimum Gasteiger partial charge on any atom is -0.377 e. The highest BCUT2D eigenvalue weighted by Crippen LogP contribution is 2.26. The van der Waals surface area contributed by atoms with Gasteiger partial charge in [-0.05, 0) is 25.1 Å². The topological polar surface area (TPSA) is 38.2 Å². The monoisotopic (exact) mass is 263 g/mol. The molecule has 0 spiro atoms. The number of rotatable bonds is 1. The molecule has 0 radical (unpaired) electrons. The molecule has 2 aromatic rings. The van der Waals surface area contributed by atoms with Crippen LogP contribution in [0.4, 0.5) is 5.69 Å². The number of nitrogens with zero attached hydrogens (tertiary/aromatic N) is 3. The molecule has 0 amide bonds. The number of halogens is 1. The molecule has 94 valence electrons. The van der Waals surface area contributed by atoms with Gasteiger partial charge < -0.3 is 9.64 Å². The fourth-order valence-electron chi connectivity index (χ4n) is 2.30. The molecule has 0 unspecified atom stereocenters. The van der Waals surface area contributed by atoms with E-state index in [0.29, 0.717) is 11.2 Å². The number of anilines is 1. The summed E-state index contributed by atoms with van der Waals surface area (Å²) in [4.78, 5) is 10.6. The fraction of sp³-hybridized carbons (Fsp3) is 0.385. The fourth-order valence-corrected chi connectivity index (χ4v) is 2.51. The van der Waals surface area contributed by atoms with Gasteiger partial charge in [-0.3, -0.25) is 0 Å². The van der Waals surface area contributed by atoms with Gasteiger partial charge in [0.15, 0.2) is 0 Å². The van der Waals surface area contributed by atoms with E-state index in [1.807, 2.05) is 6.07 Å². The minimum absolute atomic E-state index is 0.383. The lowest BCUT2D eigenvalue weighted by Crippen LogP contribution is -2.43. The average molecular weight is 264 g/mol. The normalized spacial score (nSPS) is 20.3. The summed E-state index contributed by atoms with van der Waals surface area (Å²) in [5.74, 6) is 0. The van der Waals surface area contributed by atoms with E-state index in [9.17, 15) is 0 Å². The molecule has 3 rings (SSSR count). The third-order valence-electron chi connectivity index (χ3n) is 3.27. The maximum atomic E-state index is 6.04. The van der Waals surface area contributed by atoms with Crippen LogP contribution in [-0.4, -0.2) is 35.8 Å². The van der Waals surface area contributed by atoms with Gasteiger partial charge in [-0.15, -0.1) is 0 Å². The van der Waals surface area contributed by atoms with Crippen molar-refractivity contribution in [1.29, 1.82) is 0 Å². The van der Waals surface area contributed by atoms with E-state index in [4.69, 9.17) is 16.3 Å². The lowest BCUT2D eigenvalue weighted by atomic mass is 10.1. The second-order valence-corrected chi connectivity index (χ2v) is 4.84. The summed E-state index contributed by atoms with van der Waals surface area (Å²) < 4.78 is 5.45.